The van der Waals surface area contributed by atoms with Crippen LogP contribution < -0.4 is 5.32 Å². The van der Waals surface area contributed by atoms with Gasteiger partial charge in [-0.2, -0.15) is 0 Å². The number of carbonyl (C=O) groups excluding carboxylic acids is 1. The Morgan fingerprint density at radius 2 is 0.770 bits per heavy atom. The zero-order valence-corrected chi connectivity index (χ0v) is 51.3. The molecule has 0 saturated heterocycles. The number of phosphoric acid groups is 1. The minimum Gasteiger partial charge on any atom is -0.391 e. The summed E-state index contributed by atoms with van der Waals surface area (Å²) in [5, 5.41) is 14.1. The van der Waals surface area contributed by atoms with Crippen molar-refractivity contribution in [3.8, 4) is 0 Å². The van der Waals surface area contributed by atoms with Gasteiger partial charge in [0.25, 0.3) is 0 Å². The van der Waals surface area contributed by atoms with E-state index >= 15 is 0 Å². The molecule has 74 heavy (non-hydrogen) atoms. The second-order valence-electron chi connectivity index (χ2n) is 23.9. The maximum Gasteiger partial charge on any atom is 0.472 e. The Morgan fingerprint density at radius 1 is 0.459 bits per heavy atom. The third-order valence-corrected chi connectivity index (χ3v) is 16.2. The maximum atomic E-state index is 13.0. The Balaban J connectivity index is 4.04. The minimum absolute atomic E-state index is 0.0752. The van der Waals surface area contributed by atoms with Gasteiger partial charge in [-0.05, 0) is 44.9 Å². The van der Waals surface area contributed by atoms with Crippen molar-refractivity contribution in [1.29, 1.82) is 0 Å². The van der Waals surface area contributed by atoms with E-state index in [0.717, 1.165) is 44.9 Å². The molecule has 0 aromatic carbocycles. The summed E-state index contributed by atoms with van der Waals surface area (Å²) in [5.41, 5.74) is 0. The number of nitrogens with one attached hydrogen (secondary N) is 1. The summed E-state index contributed by atoms with van der Waals surface area (Å²) in [5.74, 6) is -0.143. The topological polar surface area (TPSA) is 105 Å². The second-order valence-corrected chi connectivity index (χ2v) is 25.3. The lowest BCUT2D eigenvalue weighted by Gasteiger charge is -2.26. The molecular formula is C65H130N2O6P+. The summed E-state index contributed by atoms with van der Waals surface area (Å²) in [6.07, 6.45) is 72.6. The van der Waals surface area contributed by atoms with Crippen LogP contribution in [0.25, 0.3) is 0 Å². The molecule has 0 aliphatic heterocycles. The number of phosphoric ester groups is 1. The van der Waals surface area contributed by atoms with Crippen LogP contribution in [0.2, 0.25) is 0 Å². The van der Waals surface area contributed by atoms with Gasteiger partial charge in [0.05, 0.1) is 39.9 Å². The Kier molecular flexibility index (Phi) is 55.9. The molecule has 0 rings (SSSR count). The Hall–Kier alpha value is -1.02. The minimum atomic E-state index is -4.33. The largest absolute Gasteiger partial charge is 0.472 e. The molecule has 0 saturated carbocycles. The first-order valence-corrected chi connectivity index (χ1v) is 34.2. The number of unbranched alkanes of at least 4 members (excludes halogenated alkanes) is 44. The number of likely N-dealkylation sites (N-methyl/N-ethyl adjacent to an activating group) is 1. The molecule has 0 fully saturated rings. The average molecular weight is 1070 g/mol. The molecule has 0 aromatic rings. The van der Waals surface area contributed by atoms with Crippen LogP contribution >= 0.6 is 7.82 Å². The molecule has 9 heteroatoms. The fourth-order valence-electron chi connectivity index (χ4n) is 10.1. The molecule has 0 heterocycles. The molecular weight excluding hydrogens is 936 g/mol. The molecule has 0 aromatic heterocycles. The number of rotatable bonds is 61. The quantitative estimate of drug-likeness (QED) is 0.0243. The Bertz CT molecular complexity index is 1260. The summed E-state index contributed by atoms with van der Waals surface area (Å²) in [7, 11) is 1.63. The van der Waals surface area contributed by atoms with E-state index in [0.29, 0.717) is 23.9 Å². The summed E-state index contributed by atoms with van der Waals surface area (Å²) in [4.78, 5) is 23.4. The number of carbonyl (C=O) groups is 1. The first-order valence-electron chi connectivity index (χ1n) is 32.7. The van der Waals surface area contributed by atoms with Gasteiger partial charge in [0.2, 0.25) is 5.91 Å². The van der Waals surface area contributed by atoms with Crippen molar-refractivity contribution in [2.45, 2.75) is 347 Å². The van der Waals surface area contributed by atoms with E-state index in [1.54, 1.807) is 0 Å². The lowest BCUT2D eigenvalue weighted by Crippen LogP contribution is -2.46. The molecule has 0 spiro atoms. The van der Waals surface area contributed by atoms with Gasteiger partial charge in [-0.15, -0.1) is 0 Å². The number of aliphatic hydroxyl groups excluding tert-OH is 1. The first-order chi connectivity index (χ1) is 36.0. The third-order valence-electron chi connectivity index (χ3n) is 15.2. The van der Waals surface area contributed by atoms with Gasteiger partial charge in [-0.3, -0.25) is 13.8 Å². The van der Waals surface area contributed by atoms with E-state index in [1.807, 2.05) is 21.1 Å². The number of allylic oxidation sites excluding steroid dienone is 4. The maximum absolute atomic E-state index is 13.0. The lowest BCUT2D eigenvalue weighted by atomic mass is 10.0. The van der Waals surface area contributed by atoms with E-state index in [9.17, 15) is 19.4 Å². The van der Waals surface area contributed by atoms with E-state index in [-0.39, 0.29) is 19.1 Å². The molecule has 440 valence electrons. The van der Waals surface area contributed by atoms with E-state index in [1.165, 1.54) is 263 Å². The van der Waals surface area contributed by atoms with Crippen LogP contribution in [0.1, 0.15) is 335 Å². The normalized spacial score (nSPS) is 13.9. The number of quaternary nitrogens is 1. The van der Waals surface area contributed by atoms with Crippen molar-refractivity contribution in [2.24, 2.45) is 0 Å². The fraction of sp³-hybridized carbons (Fsp3) is 0.923. The highest BCUT2D eigenvalue weighted by Crippen LogP contribution is 2.43. The van der Waals surface area contributed by atoms with Gasteiger partial charge < -0.3 is 19.8 Å². The van der Waals surface area contributed by atoms with E-state index < -0.39 is 20.0 Å². The highest BCUT2D eigenvalue weighted by atomic mass is 31.2. The molecule has 3 unspecified atom stereocenters. The van der Waals surface area contributed by atoms with Gasteiger partial charge in [0.1, 0.15) is 13.2 Å². The van der Waals surface area contributed by atoms with Crippen molar-refractivity contribution >= 4 is 13.7 Å². The third kappa shape index (κ3) is 58.7. The van der Waals surface area contributed by atoms with Crippen molar-refractivity contribution in [3.05, 3.63) is 24.3 Å². The molecule has 3 N–H and O–H groups in total. The summed E-state index contributed by atoms with van der Waals surface area (Å²) in [6.45, 7) is 4.92. The van der Waals surface area contributed by atoms with Crippen LogP contribution in [0.5, 0.6) is 0 Å². The summed E-state index contributed by atoms with van der Waals surface area (Å²) >= 11 is 0. The Labute approximate surface area is 462 Å². The monoisotopic (exact) mass is 1070 g/mol. The number of amides is 1. The summed E-state index contributed by atoms with van der Waals surface area (Å²) in [6, 6.07) is -0.763. The molecule has 1 amide bonds. The number of aliphatic hydroxyl groups is 1. The van der Waals surface area contributed by atoms with E-state index in [4.69, 9.17) is 9.05 Å². The van der Waals surface area contributed by atoms with Crippen molar-refractivity contribution in [3.63, 3.8) is 0 Å². The van der Waals surface area contributed by atoms with Gasteiger partial charge >= 0.3 is 7.82 Å². The molecule has 0 radical (unpaired) electrons. The van der Waals surface area contributed by atoms with Gasteiger partial charge in [0.15, 0.2) is 0 Å². The smallest absolute Gasteiger partial charge is 0.391 e. The fourth-order valence-corrected chi connectivity index (χ4v) is 10.8. The van der Waals surface area contributed by atoms with Crippen LogP contribution in [-0.2, 0) is 18.4 Å². The van der Waals surface area contributed by atoms with E-state index in [2.05, 4.69) is 43.5 Å². The summed E-state index contributed by atoms with van der Waals surface area (Å²) < 4.78 is 23.9. The van der Waals surface area contributed by atoms with Crippen LogP contribution in [0.3, 0.4) is 0 Å². The second kappa shape index (κ2) is 56.7. The zero-order chi connectivity index (χ0) is 54.2. The van der Waals surface area contributed by atoms with Gasteiger partial charge in [0, 0.05) is 6.42 Å². The lowest BCUT2D eigenvalue weighted by molar-refractivity contribution is -0.870. The molecule has 0 aliphatic carbocycles. The molecule has 3 atom stereocenters. The highest BCUT2D eigenvalue weighted by molar-refractivity contribution is 7.47. The molecule has 8 nitrogen and oxygen atoms in total. The predicted molar refractivity (Wildman–Crippen MR) is 323 cm³/mol. The number of hydrogen-bond acceptors (Lipinski definition) is 5. The van der Waals surface area contributed by atoms with Crippen LogP contribution in [0, 0.1) is 0 Å². The zero-order valence-electron chi connectivity index (χ0n) is 50.4. The number of nitrogens with zero attached hydrogens (tertiary/aromatic N) is 1. The van der Waals surface area contributed by atoms with Crippen LogP contribution in [-0.4, -0.2) is 73.4 Å². The number of hydrogen-bond donors (Lipinski definition) is 3. The van der Waals surface area contributed by atoms with Crippen LogP contribution in [0.4, 0.5) is 0 Å². The highest BCUT2D eigenvalue weighted by Gasteiger charge is 2.28. The Morgan fingerprint density at radius 3 is 1.11 bits per heavy atom. The van der Waals surface area contributed by atoms with Crippen molar-refractivity contribution < 1.29 is 32.9 Å². The molecule has 0 bridgehead atoms. The predicted octanol–water partition coefficient (Wildman–Crippen LogP) is 20.3. The van der Waals surface area contributed by atoms with Gasteiger partial charge in [-0.25, -0.2) is 4.57 Å². The molecule has 0 aliphatic rings. The average Bonchev–Trinajstić information content (AvgIpc) is 3.36. The van der Waals surface area contributed by atoms with Crippen molar-refractivity contribution in [2.75, 3.05) is 40.9 Å². The van der Waals surface area contributed by atoms with Crippen molar-refractivity contribution in [1.82, 2.24) is 5.32 Å². The first kappa shape index (κ1) is 73.0. The van der Waals surface area contributed by atoms with Crippen LogP contribution in [0.15, 0.2) is 24.3 Å². The van der Waals surface area contributed by atoms with Gasteiger partial charge in [-0.1, -0.05) is 308 Å². The SMILES string of the molecule is CCCCCCC/C=C\C/C=C\CCCCCCCCCCCC(=O)NC(COP(=O)(O)OCC[N+](C)(C)C)C(O)CCCCCCCCCCCCCCCCCCCCCCCCCCCCCCCCC. The standard InChI is InChI=1S/C65H129N2O6P/c1-6-8-10-12-14-16-18-20-22-24-26-28-29-30-31-32-33-34-35-36-37-39-40-42-44-46-48-50-52-54-56-58-64(68)63(62-73-74(70,71)72-61-60-67(3,4)5)66-65(69)59-57-55-53-51-49-47-45-43-41-38-27-25-23-21-19-17-15-13-11-9-7-2/h19,21,25,27,63-64,68H,6-18,20,22-24,26,28-62H2,1-5H3,(H-,66,69,70,71)/p+1/b21-19-,27-25-.